The van der Waals surface area contributed by atoms with E-state index in [9.17, 15) is 9.59 Å². The van der Waals surface area contributed by atoms with E-state index in [0.717, 1.165) is 49.0 Å². The first-order chi connectivity index (χ1) is 17.2. The summed E-state index contributed by atoms with van der Waals surface area (Å²) < 4.78 is 0. The number of rotatable bonds is 9. The highest BCUT2D eigenvalue weighted by Crippen LogP contribution is 2.42. The molecule has 3 aromatic rings. The fraction of sp³-hybridized carbons (Fsp3) is 0.552. The smallest absolute Gasteiger partial charge is 0.259 e. The number of carbonyl (C=O) groups excluding carboxylic acids is 1. The molecule has 2 N–H and O–H groups in total. The lowest BCUT2D eigenvalue weighted by atomic mass is 9.72. The Morgan fingerprint density at radius 1 is 1.31 bits per heavy atom. The summed E-state index contributed by atoms with van der Waals surface area (Å²) in [7, 11) is 0. The largest absolute Gasteiger partial charge is 0.372 e. The van der Waals surface area contributed by atoms with Crippen LogP contribution in [0.3, 0.4) is 0 Å². The Kier molecular flexibility index (Phi) is 8.18. The molecule has 0 spiro atoms. The van der Waals surface area contributed by atoms with Gasteiger partial charge in [0.15, 0.2) is 0 Å². The van der Waals surface area contributed by atoms with E-state index in [4.69, 9.17) is 4.98 Å². The van der Waals surface area contributed by atoms with Crippen molar-refractivity contribution in [3.63, 3.8) is 0 Å². The summed E-state index contributed by atoms with van der Waals surface area (Å²) in [5.74, 6) is 1.22. The molecule has 1 atom stereocenters. The van der Waals surface area contributed by atoms with Crippen LogP contribution in [0, 0.1) is 18.3 Å². The van der Waals surface area contributed by atoms with Gasteiger partial charge >= 0.3 is 0 Å². The lowest BCUT2D eigenvalue weighted by molar-refractivity contribution is -0.121. The zero-order valence-corrected chi connectivity index (χ0v) is 23.2. The Bertz CT molecular complexity index is 1270. The zero-order chi connectivity index (χ0) is 25.9. The molecule has 2 aromatic heterocycles. The number of nitrogens with one attached hydrogen (secondary N) is 2. The lowest BCUT2D eigenvalue weighted by Gasteiger charge is -2.33. The molecule has 0 saturated carbocycles. The Balaban J connectivity index is 1.29. The molecule has 0 bridgehead atoms. The van der Waals surface area contributed by atoms with Crippen LogP contribution >= 0.6 is 11.3 Å². The van der Waals surface area contributed by atoms with E-state index in [1.165, 1.54) is 21.7 Å². The quantitative estimate of drug-likeness (QED) is 0.379. The second-order valence-electron chi connectivity index (χ2n) is 11.1. The van der Waals surface area contributed by atoms with Crippen LogP contribution in [-0.4, -0.2) is 35.5 Å². The number of aromatic nitrogens is 2. The van der Waals surface area contributed by atoms with Crippen molar-refractivity contribution in [3.05, 3.63) is 56.4 Å². The summed E-state index contributed by atoms with van der Waals surface area (Å²) in [5.41, 5.74) is 3.87. The number of thiophene rings is 1. The first-order valence-electron chi connectivity index (χ1n) is 13.3. The van der Waals surface area contributed by atoms with Gasteiger partial charge in [-0.2, -0.15) is 0 Å². The van der Waals surface area contributed by atoms with E-state index in [2.05, 4.69) is 74.1 Å². The van der Waals surface area contributed by atoms with Crippen LogP contribution in [0.15, 0.2) is 29.1 Å². The zero-order valence-electron chi connectivity index (χ0n) is 22.4. The van der Waals surface area contributed by atoms with Gasteiger partial charge in [-0.05, 0) is 74.1 Å². The highest BCUT2D eigenvalue weighted by atomic mass is 32.1. The molecule has 1 aliphatic carbocycles. The predicted octanol–water partition coefficient (Wildman–Crippen LogP) is 5.41. The number of hydrogen-bond acceptors (Lipinski definition) is 5. The SMILES string of the molecule is CCN(CCCNC(=O)CCc1nc2sc3c(c2c(=O)[nH]1)CCC(C(C)(C)C)C3)c1cccc(C)c1. The van der Waals surface area contributed by atoms with Gasteiger partial charge in [0.1, 0.15) is 10.7 Å². The number of anilines is 1. The van der Waals surface area contributed by atoms with Crippen molar-refractivity contribution in [2.75, 3.05) is 24.5 Å². The fourth-order valence-electron chi connectivity index (χ4n) is 5.20. The molecule has 0 saturated heterocycles. The molecule has 6 nitrogen and oxygen atoms in total. The molecule has 2 heterocycles. The fourth-order valence-corrected chi connectivity index (χ4v) is 6.52. The van der Waals surface area contributed by atoms with Crippen molar-refractivity contribution >= 4 is 33.1 Å². The molecule has 194 valence electrons. The molecule has 0 fully saturated rings. The molecule has 1 aliphatic rings. The van der Waals surface area contributed by atoms with Crippen LogP contribution in [0.1, 0.15) is 68.8 Å². The number of aromatic amines is 1. The summed E-state index contributed by atoms with van der Waals surface area (Å²) in [6.45, 7) is 13.6. The highest BCUT2D eigenvalue weighted by molar-refractivity contribution is 7.18. The van der Waals surface area contributed by atoms with E-state index in [1.807, 2.05) is 0 Å². The number of amides is 1. The van der Waals surface area contributed by atoms with Crippen molar-refractivity contribution in [2.45, 2.75) is 73.1 Å². The molecular formula is C29H40N4O2S. The first-order valence-corrected chi connectivity index (χ1v) is 14.1. The summed E-state index contributed by atoms with van der Waals surface area (Å²) >= 11 is 1.67. The number of hydrogen-bond donors (Lipinski definition) is 2. The Hall–Kier alpha value is -2.67. The van der Waals surface area contributed by atoms with Crippen LogP contribution in [0.25, 0.3) is 10.2 Å². The standard InChI is InChI=1S/C29H40N4O2S/c1-6-33(21-10-7-9-19(2)17-21)16-8-15-30-25(34)14-13-24-31-27(35)26-22-12-11-20(29(3,4)5)18-23(22)36-28(26)32-24/h7,9-10,17,20H,6,8,11-16,18H2,1-5H3,(H,30,34)(H,31,32,35). The molecule has 1 amide bonds. The van der Waals surface area contributed by atoms with E-state index in [-0.39, 0.29) is 16.9 Å². The van der Waals surface area contributed by atoms with Crippen molar-refractivity contribution in [1.29, 1.82) is 0 Å². The first kappa shape index (κ1) is 26.4. The molecular weight excluding hydrogens is 468 g/mol. The average molecular weight is 509 g/mol. The van der Waals surface area contributed by atoms with Gasteiger partial charge in [0.2, 0.25) is 5.91 Å². The lowest BCUT2D eigenvalue weighted by Crippen LogP contribution is -2.30. The summed E-state index contributed by atoms with van der Waals surface area (Å²) in [6.07, 6.45) is 4.73. The third-order valence-corrected chi connectivity index (χ3v) is 8.61. The van der Waals surface area contributed by atoms with E-state index >= 15 is 0 Å². The normalized spacial score (nSPS) is 15.6. The van der Waals surface area contributed by atoms with Crippen LogP contribution < -0.4 is 15.8 Å². The maximum absolute atomic E-state index is 12.9. The van der Waals surface area contributed by atoms with Gasteiger partial charge in [-0.3, -0.25) is 9.59 Å². The van der Waals surface area contributed by atoms with Crippen LogP contribution in [0.2, 0.25) is 0 Å². The summed E-state index contributed by atoms with van der Waals surface area (Å²) in [6, 6.07) is 8.51. The van der Waals surface area contributed by atoms with Crippen LogP contribution in [0.4, 0.5) is 5.69 Å². The van der Waals surface area contributed by atoms with Gasteiger partial charge in [-0.15, -0.1) is 11.3 Å². The second-order valence-corrected chi connectivity index (χ2v) is 12.2. The predicted molar refractivity (Wildman–Crippen MR) is 150 cm³/mol. The van der Waals surface area contributed by atoms with Crippen LogP contribution in [0.5, 0.6) is 0 Å². The molecule has 0 radical (unpaired) electrons. The average Bonchev–Trinajstić information content (AvgIpc) is 3.20. The Labute approximate surface area is 218 Å². The maximum atomic E-state index is 12.9. The van der Waals surface area contributed by atoms with Gasteiger partial charge < -0.3 is 15.2 Å². The molecule has 1 aromatic carbocycles. The van der Waals surface area contributed by atoms with E-state index < -0.39 is 0 Å². The van der Waals surface area contributed by atoms with E-state index in [0.29, 0.717) is 31.1 Å². The molecule has 1 unspecified atom stereocenters. The van der Waals surface area contributed by atoms with Gasteiger partial charge in [-0.1, -0.05) is 32.9 Å². The second kappa shape index (κ2) is 11.2. The van der Waals surface area contributed by atoms with Crippen molar-refractivity contribution in [1.82, 2.24) is 15.3 Å². The summed E-state index contributed by atoms with van der Waals surface area (Å²) in [4.78, 5) is 37.5. The van der Waals surface area contributed by atoms with Gasteiger partial charge in [0.05, 0.1) is 5.39 Å². The van der Waals surface area contributed by atoms with Crippen molar-refractivity contribution in [3.8, 4) is 0 Å². The third kappa shape index (κ3) is 6.17. The Morgan fingerprint density at radius 2 is 2.11 bits per heavy atom. The number of H-pyrrole nitrogens is 1. The molecule has 36 heavy (non-hydrogen) atoms. The molecule has 4 rings (SSSR count). The highest BCUT2D eigenvalue weighted by Gasteiger charge is 2.31. The van der Waals surface area contributed by atoms with Crippen LogP contribution in [-0.2, 0) is 24.1 Å². The van der Waals surface area contributed by atoms with Gasteiger partial charge in [0.25, 0.3) is 5.56 Å². The minimum absolute atomic E-state index is 0.00478. The number of carbonyl (C=O) groups is 1. The molecule has 0 aliphatic heterocycles. The number of benzene rings is 1. The minimum atomic E-state index is -0.0575. The molecule has 7 heteroatoms. The van der Waals surface area contributed by atoms with Gasteiger partial charge in [0, 0.05) is 43.0 Å². The summed E-state index contributed by atoms with van der Waals surface area (Å²) in [5, 5.41) is 3.79. The minimum Gasteiger partial charge on any atom is -0.372 e. The van der Waals surface area contributed by atoms with Gasteiger partial charge in [-0.25, -0.2) is 4.98 Å². The Morgan fingerprint density at radius 3 is 2.83 bits per heavy atom. The van der Waals surface area contributed by atoms with E-state index in [1.54, 1.807) is 11.3 Å². The number of fused-ring (bicyclic) bond motifs is 3. The number of aryl methyl sites for hydroxylation is 3. The van der Waals surface area contributed by atoms with Crippen molar-refractivity contribution < 1.29 is 4.79 Å². The third-order valence-electron chi connectivity index (χ3n) is 7.46. The monoisotopic (exact) mass is 508 g/mol. The maximum Gasteiger partial charge on any atom is 0.259 e. The van der Waals surface area contributed by atoms with Crippen molar-refractivity contribution in [2.24, 2.45) is 11.3 Å². The topological polar surface area (TPSA) is 78.1 Å². The number of nitrogens with zero attached hydrogens (tertiary/aromatic N) is 2.